The highest BCUT2D eigenvalue weighted by atomic mass is 32.2. The molecule has 2 aromatic carbocycles. The van der Waals surface area contributed by atoms with Crippen molar-refractivity contribution in [3.8, 4) is 11.3 Å². The molecule has 2 saturated carbocycles. The zero-order valence-corrected chi connectivity index (χ0v) is 21.6. The second-order valence-corrected chi connectivity index (χ2v) is 12.4. The minimum atomic E-state index is -4.08. The van der Waals surface area contributed by atoms with E-state index in [2.05, 4.69) is 4.98 Å². The van der Waals surface area contributed by atoms with Crippen LogP contribution in [0.1, 0.15) is 61.6 Å². The van der Waals surface area contributed by atoms with Gasteiger partial charge in [0.2, 0.25) is 0 Å². The number of nitrogens with zero attached hydrogens (tertiary/aromatic N) is 3. The molecule has 2 aromatic heterocycles. The fourth-order valence-electron chi connectivity index (χ4n) is 5.52. The van der Waals surface area contributed by atoms with Crippen molar-refractivity contribution in [1.29, 1.82) is 0 Å². The van der Waals surface area contributed by atoms with Gasteiger partial charge in [-0.2, -0.15) is 5.10 Å². The third kappa shape index (κ3) is 4.45. The van der Waals surface area contributed by atoms with Crippen LogP contribution in [0.15, 0.2) is 53.6 Å². The van der Waals surface area contributed by atoms with Gasteiger partial charge >= 0.3 is 0 Å². The van der Waals surface area contributed by atoms with Gasteiger partial charge in [0, 0.05) is 23.4 Å². The van der Waals surface area contributed by atoms with Gasteiger partial charge < -0.3 is 11.5 Å². The molecule has 2 aliphatic rings. The number of hydrogen-bond donors (Lipinski definition) is 2. The van der Waals surface area contributed by atoms with E-state index in [9.17, 15) is 12.8 Å². The van der Waals surface area contributed by atoms with E-state index in [1.807, 2.05) is 10.9 Å². The lowest BCUT2D eigenvalue weighted by Gasteiger charge is -2.27. The van der Waals surface area contributed by atoms with E-state index in [1.165, 1.54) is 30.3 Å². The fraction of sp³-hybridized carbons (Fsp3) is 0.357. The highest BCUT2D eigenvalue weighted by molar-refractivity contribution is 7.90. The molecule has 2 aliphatic carbocycles. The van der Waals surface area contributed by atoms with Crippen LogP contribution >= 0.6 is 0 Å². The van der Waals surface area contributed by atoms with Crippen LogP contribution < -0.4 is 11.5 Å². The number of nitrogens with two attached hydrogens (primary N) is 2. The summed E-state index contributed by atoms with van der Waals surface area (Å²) >= 11 is 0. The standard InChI is InChI=1S/C28H29F2N5O2S/c29-22-3-1-2-4-24(22)38(36,37)15-18-6-5-17(13-23(18)30)26-25-27(35(34-26)20-11-12-20)21(14-33-28(25)32)16-7-9-19(31)10-8-16/h1-6,13-14,16,19-20H,7-12,15,31H2,(H2,32,33). The zero-order chi connectivity index (χ0) is 26.6. The molecule has 0 unspecified atom stereocenters. The third-order valence-electron chi connectivity index (χ3n) is 7.73. The first-order valence-electron chi connectivity index (χ1n) is 12.9. The number of rotatable bonds is 6. The van der Waals surface area contributed by atoms with Crippen molar-refractivity contribution in [3.63, 3.8) is 0 Å². The normalized spacial score (nSPS) is 20.2. The van der Waals surface area contributed by atoms with Gasteiger partial charge in [-0.3, -0.25) is 4.68 Å². The van der Waals surface area contributed by atoms with Gasteiger partial charge in [0.15, 0.2) is 9.84 Å². The van der Waals surface area contributed by atoms with Crippen molar-refractivity contribution in [3.05, 3.63) is 71.4 Å². The molecule has 0 aliphatic heterocycles. The fourth-order valence-corrected chi connectivity index (χ4v) is 6.97. The van der Waals surface area contributed by atoms with Gasteiger partial charge in [0.25, 0.3) is 0 Å². The Morgan fingerprint density at radius 1 is 0.974 bits per heavy atom. The average Bonchev–Trinajstić information content (AvgIpc) is 3.66. The molecule has 4 aromatic rings. The van der Waals surface area contributed by atoms with Crippen molar-refractivity contribution in [2.24, 2.45) is 5.73 Å². The number of benzene rings is 2. The summed E-state index contributed by atoms with van der Waals surface area (Å²) in [6.45, 7) is 0. The van der Waals surface area contributed by atoms with E-state index < -0.39 is 32.1 Å². The molecule has 2 fully saturated rings. The second kappa shape index (κ2) is 9.43. The van der Waals surface area contributed by atoms with Gasteiger partial charge in [-0.25, -0.2) is 22.2 Å². The molecule has 0 radical (unpaired) electrons. The number of sulfone groups is 1. The molecule has 7 nitrogen and oxygen atoms in total. The highest BCUT2D eigenvalue weighted by Gasteiger charge is 2.32. The number of halogens is 2. The summed E-state index contributed by atoms with van der Waals surface area (Å²) in [7, 11) is -4.08. The summed E-state index contributed by atoms with van der Waals surface area (Å²) in [6, 6.07) is 9.90. The molecule has 0 amide bonds. The Morgan fingerprint density at radius 2 is 1.71 bits per heavy atom. The van der Waals surface area contributed by atoms with Crippen molar-refractivity contribution in [2.75, 3.05) is 5.73 Å². The maximum atomic E-state index is 15.3. The van der Waals surface area contributed by atoms with Crippen LogP contribution in [0, 0.1) is 11.6 Å². The largest absolute Gasteiger partial charge is 0.383 e. The van der Waals surface area contributed by atoms with Gasteiger partial charge in [-0.15, -0.1) is 0 Å². The van der Waals surface area contributed by atoms with E-state index in [-0.39, 0.29) is 17.6 Å². The van der Waals surface area contributed by atoms with Gasteiger partial charge in [-0.05, 0) is 68.2 Å². The third-order valence-corrected chi connectivity index (χ3v) is 9.42. The van der Waals surface area contributed by atoms with E-state index in [1.54, 1.807) is 6.07 Å². The predicted octanol–water partition coefficient (Wildman–Crippen LogP) is 5.25. The van der Waals surface area contributed by atoms with Crippen molar-refractivity contribution in [1.82, 2.24) is 14.8 Å². The number of fused-ring (bicyclic) bond motifs is 1. The second-order valence-electron chi connectivity index (χ2n) is 10.5. The number of aromatic nitrogens is 3. The van der Waals surface area contributed by atoms with Crippen molar-refractivity contribution < 1.29 is 17.2 Å². The Hall–Kier alpha value is -3.37. The molecule has 0 atom stereocenters. The summed E-state index contributed by atoms with van der Waals surface area (Å²) in [5.41, 5.74) is 15.5. The number of pyridine rings is 1. The summed E-state index contributed by atoms with van der Waals surface area (Å²) in [5, 5.41) is 5.59. The summed E-state index contributed by atoms with van der Waals surface area (Å²) < 4.78 is 57.0. The number of nitrogen functional groups attached to an aromatic ring is 1. The SMILES string of the molecule is Nc1ncc(C2CCC(N)CC2)c2c1c(-c1ccc(CS(=O)(=O)c3ccccc3F)c(F)c1)nn2C1CC1. The smallest absolute Gasteiger partial charge is 0.185 e. The Balaban J connectivity index is 1.41. The average molecular weight is 538 g/mol. The minimum absolute atomic E-state index is 0.0479. The predicted molar refractivity (Wildman–Crippen MR) is 142 cm³/mol. The molecule has 4 N–H and O–H groups in total. The monoisotopic (exact) mass is 537 g/mol. The summed E-state index contributed by atoms with van der Waals surface area (Å²) in [4.78, 5) is 4.04. The number of anilines is 1. The molecular weight excluding hydrogens is 508 g/mol. The lowest BCUT2D eigenvalue weighted by Crippen LogP contribution is -2.26. The molecule has 10 heteroatoms. The highest BCUT2D eigenvalue weighted by Crippen LogP contribution is 2.45. The van der Waals surface area contributed by atoms with Gasteiger partial charge in [0.1, 0.15) is 28.0 Å². The molecule has 198 valence electrons. The van der Waals surface area contributed by atoms with Crippen molar-refractivity contribution in [2.45, 2.75) is 67.2 Å². The lowest BCUT2D eigenvalue weighted by atomic mass is 9.82. The maximum Gasteiger partial charge on any atom is 0.185 e. The first kappa shape index (κ1) is 24.9. The molecule has 38 heavy (non-hydrogen) atoms. The van der Waals surface area contributed by atoms with Crippen LogP contribution in [-0.2, 0) is 15.6 Å². The number of hydrogen-bond acceptors (Lipinski definition) is 6. The summed E-state index contributed by atoms with van der Waals surface area (Å²) in [6.07, 6.45) is 7.69. The van der Waals surface area contributed by atoms with Crippen LogP contribution in [0.25, 0.3) is 22.2 Å². The molecule has 2 heterocycles. The maximum absolute atomic E-state index is 15.3. The first-order chi connectivity index (χ1) is 18.2. The summed E-state index contributed by atoms with van der Waals surface area (Å²) in [5.74, 6) is -1.60. The Morgan fingerprint density at radius 3 is 2.39 bits per heavy atom. The van der Waals surface area contributed by atoms with E-state index >= 15 is 4.39 Å². The molecule has 0 saturated heterocycles. The quantitative estimate of drug-likeness (QED) is 0.347. The van der Waals surface area contributed by atoms with Crippen LogP contribution in [0.3, 0.4) is 0 Å². The Kier molecular flexibility index (Phi) is 6.19. The van der Waals surface area contributed by atoms with E-state index in [0.29, 0.717) is 28.4 Å². The lowest BCUT2D eigenvalue weighted by molar-refractivity contribution is 0.395. The first-order valence-corrected chi connectivity index (χ1v) is 14.6. The van der Waals surface area contributed by atoms with Gasteiger partial charge in [0.05, 0.1) is 22.7 Å². The molecule has 0 spiro atoms. The van der Waals surface area contributed by atoms with E-state index in [0.717, 1.165) is 55.7 Å². The van der Waals surface area contributed by atoms with Crippen molar-refractivity contribution >= 4 is 26.6 Å². The minimum Gasteiger partial charge on any atom is -0.383 e. The van der Waals surface area contributed by atoms with Crippen LogP contribution in [0.4, 0.5) is 14.6 Å². The van der Waals surface area contributed by atoms with Crippen LogP contribution in [-0.4, -0.2) is 29.2 Å². The van der Waals surface area contributed by atoms with Crippen LogP contribution in [0.2, 0.25) is 0 Å². The zero-order valence-electron chi connectivity index (χ0n) is 20.8. The van der Waals surface area contributed by atoms with Crippen LogP contribution in [0.5, 0.6) is 0 Å². The topological polar surface area (TPSA) is 117 Å². The van der Waals surface area contributed by atoms with Gasteiger partial charge in [-0.1, -0.05) is 24.3 Å². The van der Waals surface area contributed by atoms with E-state index in [4.69, 9.17) is 16.6 Å². The Labute approximate surface area is 219 Å². The molecular formula is C28H29F2N5O2S. The molecule has 0 bridgehead atoms. The Bertz CT molecular complexity index is 1640. The molecule has 6 rings (SSSR count).